The Labute approximate surface area is 167 Å². The molecule has 138 valence electrons. The minimum absolute atomic E-state index is 0.859. The van der Waals surface area contributed by atoms with Gasteiger partial charge in [-0.25, -0.2) is 0 Å². The molecule has 1 aliphatic heterocycles. The second-order valence-corrected chi connectivity index (χ2v) is 11.9. The van der Waals surface area contributed by atoms with E-state index in [1.54, 1.807) is 0 Å². The summed E-state index contributed by atoms with van der Waals surface area (Å²) in [4.78, 5) is 0. The molecule has 0 saturated heterocycles. The third-order valence-electron chi connectivity index (χ3n) is 5.21. The van der Waals surface area contributed by atoms with Crippen molar-refractivity contribution in [1.82, 2.24) is 0 Å². The highest BCUT2D eigenvalue weighted by molar-refractivity contribution is 8.11. The molecular weight excluding hydrogens is 367 g/mol. The maximum atomic E-state index is 6.50. The Hall–Kier alpha value is -1.89. The number of benzene rings is 3. The van der Waals surface area contributed by atoms with Crippen molar-refractivity contribution in [1.29, 1.82) is 0 Å². The van der Waals surface area contributed by atoms with Crippen LogP contribution in [0.4, 0.5) is 0 Å². The van der Waals surface area contributed by atoms with Crippen LogP contribution in [-0.4, -0.2) is 6.66 Å². The minimum atomic E-state index is -1.87. The largest absolute Gasteiger partial charge is 0.470 e. The fraction of sp³-hybridized carbons (Fsp3) is 0.250. The molecule has 3 aromatic rings. The smallest absolute Gasteiger partial charge is 0.116 e. The van der Waals surface area contributed by atoms with E-state index in [1.807, 2.05) is 13.8 Å². The van der Waals surface area contributed by atoms with E-state index in [2.05, 4.69) is 67.3 Å². The van der Waals surface area contributed by atoms with Gasteiger partial charge in [0.15, 0.2) is 0 Å². The quantitative estimate of drug-likeness (QED) is 0.377. The van der Waals surface area contributed by atoms with Crippen molar-refractivity contribution >= 4 is 34.4 Å². The Balaban J connectivity index is 0.000000872. The molecule has 1 aliphatic carbocycles. The van der Waals surface area contributed by atoms with Crippen LogP contribution in [0, 0.1) is 0 Å². The van der Waals surface area contributed by atoms with Crippen molar-refractivity contribution in [3.8, 4) is 0 Å². The predicted octanol–water partition coefficient (Wildman–Crippen LogP) is 7.13. The van der Waals surface area contributed by atoms with Crippen molar-refractivity contribution in [3.05, 3.63) is 88.7 Å². The van der Waals surface area contributed by atoms with Crippen molar-refractivity contribution in [2.45, 2.75) is 32.9 Å². The summed E-state index contributed by atoms with van der Waals surface area (Å²) >= 11 is 5.90. The van der Waals surface area contributed by atoms with E-state index in [-0.39, 0.29) is 0 Å². The SMILES string of the molecule is CC.CP1(=S)Cc2ccc3ccccc3c2C2=C(CCc3ccccc32)O1. The van der Waals surface area contributed by atoms with Gasteiger partial charge in [0.1, 0.15) is 12.0 Å². The fourth-order valence-corrected chi connectivity index (χ4v) is 6.47. The molecule has 27 heavy (non-hydrogen) atoms. The lowest BCUT2D eigenvalue weighted by Crippen LogP contribution is -2.07. The van der Waals surface area contributed by atoms with Crippen LogP contribution in [0.1, 0.15) is 42.5 Å². The minimum Gasteiger partial charge on any atom is -0.470 e. The van der Waals surface area contributed by atoms with Gasteiger partial charge in [-0.05, 0) is 46.1 Å². The molecule has 3 aromatic carbocycles. The average molecular weight is 393 g/mol. The first kappa shape index (κ1) is 18.5. The molecule has 1 heterocycles. The number of rotatable bonds is 0. The van der Waals surface area contributed by atoms with Crippen molar-refractivity contribution in [3.63, 3.8) is 0 Å². The van der Waals surface area contributed by atoms with E-state index >= 15 is 0 Å². The van der Waals surface area contributed by atoms with Gasteiger partial charge in [0, 0.05) is 18.2 Å². The molecule has 3 heteroatoms. The van der Waals surface area contributed by atoms with E-state index in [0.29, 0.717) is 0 Å². The number of fused-ring (bicyclic) bond motifs is 6. The maximum Gasteiger partial charge on any atom is 0.116 e. The highest BCUT2D eigenvalue weighted by Gasteiger charge is 2.31. The van der Waals surface area contributed by atoms with E-state index in [4.69, 9.17) is 16.3 Å². The molecule has 0 N–H and O–H groups in total. The molecule has 2 aliphatic rings. The number of allylic oxidation sites excluding steroid dienone is 1. The molecule has 0 radical (unpaired) electrons. The van der Waals surface area contributed by atoms with Crippen LogP contribution in [0.5, 0.6) is 0 Å². The Kier molecular flexibility index (Phi) is 4.97. The van der Waals surface area contributed by atoms with Crippen molar-refractivity contribution in [2.24, 2.45) is 0 Å². The number of hydrogen-bond donors (Lipinski definition) is 0. The molecule has 0 spiro atoms. The van der Waals surface area contributed by atoms with Gasteiger partial charge < -0.3 is 4.52 Å². The zero-order valence-electron chi connectivity index (χ0n) is 16.2. The van der Waals surface area contributed by atoms with Gasteiger partial charge in [0.05, 0.1) is 0 Å². The van der Waals surface area contributed by atoms with E-state index in [1.165, 1.54) is 38.6 Å². The Morgan fingerprint density at radius 2 is 1.59 bits per heavy atom. The van der Waals surface area contributed by atoms with Crippen LogP contribution in [0.25, 0.3) is 16.3 Å². The highest BCUT2D eigenvalue weighted by atomic mass is 32.4. The zero-order valence-corrected chi connectivity index (χ0v) is 17.9. The van der Waals surface area contributed by atoms with Crippen LogP contribution >= 0.6 is 6.26 Å². The molecule has 1 unspecified atom stereocenters. The molecule has 0 fully saturated rings. The predicted molar refractivity (Wildman–Crippen MR) is 121 cm³/mol. The molecule has 0 bridgehead atoms. The molecule has 0 saturated carbocycles. The van der Waals surface area contributed by atoms with Crippen LogP contribution in [-0.2, 0) is 28.9 Å². The summed E-state index contributed by atoms with van der Waals surface area (Å²) in [6.45, 7) is 6.14. The summed E-state index contributed by atoms with van der Waals surface area (Å²) in [7, 11) is 0. The monoisotopic (exact) mass is 392 g/mol. The third-order valence-corrected chi connectivity index (χ3v) is 7.35. The zero-order chi connectivity index (χ0) is 19.0. The third kappa shape index (κ3) is 3.26. The summed E-state index contributed by atoms with van der Waals surface area (Å²) in [5.74, 6) is 1.11. The van der Waals surface area contributed by atoms with E-state index < -0.39 is 6.26 Å². The maximum absolute atomic E-state index is 6.50. The molecule has 5 rings (SSSR count). The van der Waals surface area contributed by atoms with Crippen LogP contribution in [0.3, 0.4) is 0 Å². The van der Waals surface area contributed by atoms with Gasteiger partial charge in [-0.15, -0.1) is 0 Å². The van der Waals surface area contributed by atoms with Crippen LogP contribution in [0.2, 0.25) is 0 Å². The lowest BCUT2D eigenvalue weighted by Gasteiger charge is -2.25. The second-order valence-electron chi connectivity index (χ2n) is 7.04. The molecule has 1 atom stereocenters. The normalized spacial score (nSPS) is 20.4. The van der Waals surface area contributed by atoms with E-state index in [9.17, 15) is 0 Å². The molecule has 0 aromatic heterocycles. The Morgan fingerprint density at radius 3 is 2.44 bits per heavy atom. The lowest BCUT2D eigenvalue weighted by atomic mass is 9.82. The van der Waals surface area contributed by atoms with Gasteiger partial charge >= 0.3 is 0 Å². The molecule has 0 amide bonds. The summed E-state index contributed by atoms with van der Waals surface area (Å²) < 4.78 is 6.50. The molecular formula is C24H25OPS. The van der Waals surface area contributed by atoms with Crippen molar-refractivity contribution in [2.75, 3.05) is 6.66 Å². The summed E-state index contributed by atoms with van der Waals surface area (Å²) in [5, 5.41) is 2.59. The van der Waals surface area contributed by atoms with Crippen molar-refractivity contribution < 1.29 is 4.52 Å². The topological polar surface area (TPSA) is 9.23 Å². The van der Waals surface area contributed by atoms with E-state index in [0.717, 1.165) is 24.8 Å². The van der Waals surface area contributed by atoms with Gasteiger partial charge in [-0.1, -0.05) is 86.3 Å². The Morgan fingerprint density at radius 1 is 0.852 bits per heavy atom. The van der Waals surface area contributed by atoms with Gasteiger partial charge in [-0.3, -0.25) is 0 Å². The summed E-state index contributed by atoms with van der Waals surface area (Å²) in [6, 6.07) is 21.9. The van der Waals surface area contributed by atoms with Crippen LogP contribution in [0.15, 0.2) is 66.4 Å². The van der Waals surface area contributed by atoms with Gasteiger partial charge in [-0.2, -0.15) is 0 Å². The average Bonchev–Trinajstić information content (AvgIpc) is 2.81. The first-order chi connectivity index (χ1) is 13.1. The summed E-state index contributed by atoms with van der Waals surface area (Å²) in [5.41, 5.74) is 6.69. The highest BCUT2D eigenvalue weighted by Crippen LogP contribution is 2.56. The van der Waals surface area contributed by atoms with Crippen LogP contribution < -0.4 is 0 Å². The van der Waals surface area contributed by atoms with Gasteiger partial charge in [0.2, 0.25) is 0 Å². The fourth-order valence-electron chi connectivity index (χ4n) is 4.19. The standard InChI is InChI=1S/C22H19OPS.C2H6/c1-24(25)14-17-11-10-15-6-2-4-8-18(15)21(17)22-19-9-5-3-7-16(19)12-13-20(22)23-24;1-2/h2-11H,12-14H2,1H3;1-2H3. The van der Waals surface area contributed by atoms with Gasteiger partial charge in [0.25, 0.3) is 0 Å². The second kappa shape index (κ2) is 7.26. The summed E-state index contributed by atoms with van der Waals surface area (Å²) in [6.07, 6.45) is 0.971. The first-order valence-electron chi connectivity index (χ1n) is 9.71. The Bertz CT molecular complexity index is 1100. The number of aryl methyl sites for hydroxylation is 1. The lowest BCUT2D eigenvalue weighted by molar-refractivity contribution is 0.446. The number of hydrogen-bond acceptors (Lipinski definition) is 2. The first-order valence-corrected chi connectivity index (χ1v) is 13.1. The molecule has 1 nitrogen and oxygen atoms in total.